The first-order chi connectivity index (χ1) is 11.1. The number of thiophene rings is 1. The molecule has 0 spiro atoms. The Bertz CT molecular complexity index is 842. The molecule has 0 saturated heterocycles. The minimum atomic E-state index is -1.07. The highest BCUT2D eigenvalue weighted by atomic mass is 32.1. The monoisotopic (exact) mass is 325 g/mol. The van der Waals surface area contributed by atoms with Crippen molar-refractivity contribution in [1.82, 2.24) is 5.32 Å². The molecule has 0 aliphatic rings. The van der Waals surface area contributed by atoms with Gasteiger partial charge in [-0.1, -0.05) is 48.5 Å². The Labute approximate surface area is 137 Å². The van der Waals surface area contributed by atoms with Crippen LogP contribution in [-0.4, -0.2) is 17.0 Å². The molecule has 4 nitrogen and oxygen atoms in total. The molecule has 0 aliphatic heterocycles. The molecule has 0 bridgehead atoms. The van der Waals surface area contributed by atoms with Gasteiger partial charge in [-0.15, -0.1) is 11.3 Å². The second-order valence-corrected chi connectivity index (χ2v) is 6.09. The Kier molecular flexibility index (Phi) is 4.39. The summed E-state index contributed by atoms with van der Waals surface area (Å²) in [7, 11) is 0. The van der Waals surface area contributed by atoms with Crippen LogP contribution < -0.4 is 5.32 Å². The number of carboxylic acids is 1. The summed E-state index contributed by atoms with van der Waals surface area (Å²) in [5.41, 5.74) is 1.48. The van der Waals surface area contributed by atoms with Gasteiger partial charge in [0, 0.05) is 4.70 Å². The van der Waals surface area contributed by atoms with Crippen LogP contribution in [0.3, 0.4) is 0 Å². The SMILES string of the molecule is O=C(Cc1csc2ccccc12)N[C@H](C(=O)O)c1ccccc1. The fraction of sp³-hybridized carbons (Fsp3) is 0.111. The second kappa shape index (κ2) is 6.62. The maximum absolute atomic E-state index is 12.3. The number of carbonyl (C=O) groups is 2. The van der Waals surface area contributed by atoms with Crippen LogP contribution in [0.1, 0.15) is 17.2 Å². The standard InChI is InChI=1S/C18H15NO3S/c20-16(10-13-11-23-15-9-5-4-8-14(13)15)19-17(18(21)22)12-6-2-1-3-7-12/h1-9,11,17H,10H2,(H,19,20)(H,21,22)/t17-/m0/s1. The van der Waals surface area contributed by atoms with Crippen molar-refractivity contribution in [2.45, 2.75) is 12.5 Å². The maximum atomic E-state index is 12.3. The molecule has 0 aliphatic carbocycles. The molecular weight excluding hydrogens is 310 g/mol. The van der Waals surface area contributed by atoms with Crippen molar-refractivity contribution >= 4 is 33.3 Å². The summed E-state index contributed by atoms with van der Waals surface area (Å²) in [6.45, 7) is 0. The molecule has 1 atom stereocenters. The first kappa shape index (κ1) is 15.2. The maximum Gasteiger partial charge on any atom is 0.330 e. The third kappa shape index (κ3) is 3.40. The number of amides is 1. The number of aliphatic carboxylic acids is 1. The molecule has 23 heavy (non-hydrogen) atoms. The van der Waals surface area contributed by atoms with Crippen LogP contribution in [0, 0.1) is 0 Å². The van der Waals surface area contributed by atoms with Crippen molar-refractivity contribution in [3.63, 3.8) is 0 Å². The number of carboxylic acid groups (broad SMARTS) is 1. The van der Waals surface area contributed by atoms with Gasteiger partial charge < -0.3 is 10.4 Å². The molecule has 0 radical (unpaired) electrons. The Morgan fingerprint density at radius 2 is 1.74 bits per heavy atom. The third-order valence-electron chi connectivity index (χ3n) is 3.60. The summed E-state index contributed by atoms with van der Waals surface area (Å²) >= 11 is 1.58. The lowest BCUT2D eigenvalue weighted by atomic mass is 10.1. The Morgan fingerprint density at radius 1 is 1.04 bits per heavy atom. The van der Waals surface area contributed by atoms with E-state index >= 15 is 0 Å². The molecular formula is C18H15NO3S. The quantitative estimate of drug-likeness (QED) is 0.756. The summed E-state index contributed by atoms with van der Waals surface area (Å²) in [6, 6.07) is 15.5. The van der Waals surface area contributed by atoms with Gasteiger partial charge in [0.05, 0.1) is 6.42 Å². The van der Waals surface area contributed by atoms with Gasteiger partial charge in [0.2, 0.25) is 5.91 Å². The van der Waals surface area contributed by atoms with Crippen LogP contribution in [0.15, 0.2) is 60.0 Å². The first-order valence-corrected chi connectivity index (χ1v) is 8.05. The zero-order valence-electron chi connectivity index (χ0n) is 12.2. The van der Waals surface area contributed by atoms with E-state index in [-0.39, 0.29) is 12.3 Å². The van der Waals surface area contributed by atoms with Gasteiger partial charge in [-0.2, -0.15) is 0 Å². The van der Waals surface area contributed by atoms with Crippen LogP contribution in [-0.2, 0) is 16.0 Å². The Morgan fingerprint density at radius 3 is 2.48 bits per heavy atom. The van der Waals surface area contributed by atoms with Gasteiger partial charge in [0.25, 0.3) is 0 Å². The normalized spacial score (nSPS) is 12.0. The van der Waals surface area contributed by atoms with Crippen LogP contribution in [0.25, 0.3) is 10.1 Å². The van der Waals surface area contributed by atoms with Gasteiger partial charge in [-0.05, 0) is 28.0 Å². The van der Waals surface area contributed by atoms with Gasteiger partial charge in [-0.3, -0.25) is 4.79 Å². The molecule has 3 aromatic rings. The predicted molar refractivity (Wildman–Crippen MR) is 90.5 cm³/mol. The smallest absolute Gasteiger partial charge is 0.330 e. The Hall–Kier alpha value is -2.66. The van der Waals surface area contributed by atoms with E-state index in [9.17, 15) is 14.7 Å². The fourth-order valence-corrected chi connectivity index (χ4v) is 3.45. The lowest BCUT2D eigenvalue weighted by Gasteiger charge is -2.14. The highest BCUT2D eigenvalue weighted by Gasteiger charge is 2.22. The number of benzene rings is 2. The van der Waals surface area contributed by atoms with E-state index in [1.165, 1.54) is 0 Å². The molecule has 0 saturated carbocycles. The molecule has 1 aromatic heterocycles. The molecule has 2 aromatic carbocycles. The molecule has 116 valence electrons. The van der Waals surface area contributed by atoms with Crippen molar-refractivity contribution in [3.8, 4) is 0 Å². The summed E-state index contributed by atoms with van der Waals surface area (Å²) in [6.07, 6.45) is 0.167. The second-order valence-electron chi connectivity index (χ2n) is 5.18. The fourth-order valence-electron chi connectivity index (χ4n) is 2.49. The van der Waals surface area contributed by atoms with Crippen LogP contribution in [0.4, 0.5) is 0 Å². The summed E-state index contributed by atoms with van der Waals surface area (Å²) in [5, 5.41) is 15.0. The van der Waals surface area contributed by atoms with Crippen LogP contribution in [0.2, 0.25) is 0 Å². The minimum Gasteiger partial charge on any atom is -0.479 e. The van der Waals surface area contributed by atoms with Crippen molar-refractivity contribution in [2.75, 3.05) is 0 Å². The average molecular weight is 325 g/mol. The highest BCUT2D eigenvalue weighted by Crippen LogP contribution is 2.26. The van der Waals surface area contributed by atoms with E-state index in [1.54, 1.807) is 35.6 Å². The lowest BCUT2D eigenvalue weighted by molar-refractivity contribution is -0.141. The van der Waals surface area contributed by atoms with E-state index in [2.05, 4.69) is 5.32 Å². The minimum absolute atomic E-state index is 0.167. The van der Waals surface area contributed by atoms with Gasteiger partial charge in [-0.25, -0.2) is 4.79 Å². The number of nitrogens with one attached hydrogen (secondary N) is 1. The largest absolute Gasteiger partial charge is 0.479 e. The summed E-state index contributed by atoms with van der Waals surface area (Å²) in [5.74, 6) is -1.37. The van der Waals surface area contributed by atoms with Crippen molar-refractivity contribution in [2.24, 2.45) is 0 Å². The van der Waals surface area contributed by atoms with Gasteiger partial charge >= 0.3 is 5.97 Å². The first-order valence-electron chi connectivity index (χ1n) is 7.17. The number of hydrogen-bond acceptors (Lipinski definition) is 3. The molecule has 2 N–H and O–H groups in total. The van der Waals surface area contributed by atoms with Crippen molar-refractivity contribution < 1.29 is 14.7 Å². The number of carbonyl (C=O) groups excluding carboxylic acids is 1. The Balaban J connectivity index is 1.76. The zero-order valence-corrected chi connectivity index (χ0v) is 13.0. The molecule has 0 unspecified atom stereocenters. The third-order valence-corrected chi connectivity index (χ3v) is 4.61. The van der Waals surface area contributed by atoms with E-state index in [1.807, 2.05) is 35.7 Å². The zero-order chi connectivity index (χ0) is 16.2. The number of fused-ring (bicyclic) bond motifs is 1. The highest BCUT2D eigenvalue weighted by molar-refractivity contribution is 7.17. The number of rotatable bonds is 5. The predicted octanol–water partition coefficient (Wildman–Crippen LogP) is 3.39. The average Bonchev–Trinajstić information content (AvgIpc) is 2.96. The lowest BCUT2D eigenvalue weighted by Crippen LogP contribution is -2.34. The van der Waals surface area contributed by atoms with E-state index in [4.69, 9.17) is 0 Å². The topological polar surface area (TPSA) is 66.4 Å². The molecule has 3 rings (SSSR count). The van der Waals surface area contributed by atoms with Crippen molar-refractivity contribution in [1.29, 1.82) is 0 Å². The van der Waals surface area contributed by atoms with Crippen molar-refractivity contribution in [3.05, 3.63) is 71.1 Å². The van der Waals surface area contributed by atoms with Crippen LogP contribution in [0.5, 0.6) is 0 Å². The number of hydrogen-bond donors (Lipinski definition) is 2. The summed E-state index contributed by atoms with van der Waals surface area (Å²) in [4.78, 5) is 23.7. The molecule has 0 fully saturated rings. The molecule has 5 heteroatoms. The van der Waals surface area contributed by atoms with Gasteiger partial charge in [0.15, 0.2) is 6.04 Å². The van der Waals surface area contributed by atoms with E-state index < -0.39 is 12.0 Å². The van der Waals surface area contributed by atoms with E-state index in [0.717, 1.165) is 15.6 Å². The molecule has 1 amide bonds. The van der Waals surface area contributed by atoms with E-state index in [0.29, 0.717) is 5.56 Å². The summed E-state index contributed by atoms with van der Waals surface area (Å²) < 4.78 is 1.12. The van der Waals surface area contributed by atoms with Crippen LogP contribution >= 0.6 is 11.3 Å². The molecule has 1 heterocycles. The van der Waals surface area contributed by atoms with Gasteiger partial charge in [0.1, 0.15) is 0 Å².